The average molecular weight is 606 g/mol. The molecule has 2 N–H and O–H groups in total. The van der Waals surface area contributed by atoms with Gasteiger partial charge in [0.05, 0.1) is 17.7 Å². The Labute approximate surface area is 245 Å². The van der Waals surface area contributed by atoms with Crippen molar-refractivity contribution in [1.82, 2.24) is 5.32 Å². The summed E-state index contributed by atoms with van der Waals surface area (Å²) in [6.07, 6.45) is -0.347. The lowest BCUT2D eigenvalue weighted by atomic mass is 9.93. The molecule has 43 heavy (non-hydrogen) atoms. The van der Waals surface area contributed by atoms with Gasteiger partial charge in [-0.25, -0.2) is 13.6 Å². The molecule has 0 aromatic heterocycles. The predicted molar refractivity (Wildman–Crippen MR) is 150 cm³/mol. The fraction of sp³-hybridized carbons (Fsp3) is 0.344. The van der Waals surface area contributed by atoms with Gasteiger partial charge in [0, 0.05) is 6.54 Å². The number of aryl methyl sites for hydroxylation is 1. The molecular weight excluding hydrogens is 574 g/mol. The molecule has 11 heteroatoms. The molecule has 1 heterocycles. The Morgan fingerprint density at radius 3 is 2.37 bits per heavy atom. The molecule has 0 bridgehead atoms. The fourth-order valence-electron chi connectivity index (χ4n) is 4.51. The van der Waals surface area contributed by atoms with Crippen LogP contribution in [-0.4, -0.2) is 36.8 Å². The van der Waals surface area contributed by atoms with Crippen molar-refractivity contribution in [3.63, 3.8) is 0 Å². The summed E-state index contributed by atoms with van der Waals surface area (Å²) in [7, 11) is 0. The van der Waals surface area contributed by atoms with E-state index in [1.54, 1.807) is 6.07 Å². The minimum absolute atomic E-state index is 0.0407. The van der Waals surface area contributed by atoms with E-state index in [9.17, 15) is 36.2 Å². The number of nitrogens with zero attached hydrogens (tertiary/aromatic N) is 1. The fourth-order valence-corrected chi connectivity index (χ4v) is 4.51. The van der Waals surface area contributed by atoms with Crippen molar-refractivity contribution in [3.8, 4) is 5.75 Å². The lowest BCUT2D eigenvalue weighted by molar-refractivity contribution is -0.137. The molecule has 3 aromatic rings. The minimum Gasteiger partial charge on any atom is -0.656 e. The molecule has 2 aliphatic rings. The Morgan fingerprint density at radius 2 is 1.70 bits per heavy atom. The lowest BCUT2D eigenvalue weighted by Crippen LogP contribution is -2.28. The zero-order valence-electron chi connectivity index (χ0n) is 23.2. The first kappa shape index (κ1) is 32.1. The largest absolute Gasteiger partial charge is 0.656 e. The summed E-state index contributed by atoms with van der Waals surface area (Å²) >= 11 is 0. The Morgan fingerprint density at radius 1 is 0.977 bits per heavy atom. The van der Waals surface area contributed by atoms with Crippen LogP contribution in [0.15, 0.2) is 66.2 Å². The molecule has 0 saturated heterocycles. The first-order valence-corrected chi connectivity index (χ1v) is 13.9. The van der Waals surface area contributed by atoms with E-state index in [-0.39, 0.29) is 6.61 Å². The topological polar surface area (TPSA) is 72.7 Å². The Bertz CT molecular complexity index is 1440. The number of halogens is 6. The van der Waals surface area contributed by atoms with Gasteiger partial charge >= 0.3 is 12.1 Å². The first-order valence-electron chi connectivity index (χ1n) is 13.9. The molecular formula is C32H31F6N2O3-. The molecule has 1 aliphatic carbocycles. The van der Waals surface area contributed by atoms with Crippen molar-refractivity contribution in [1.29, 1.82) is 0 Å². The summed E-state index contributed by atoms with van der Waals surface area (Å²) in [6, 6.07) is 14.9. The average Bonchev–Trinajstić information content (AvgIpc) is 3.83. The Hall–Kier alpha value is -3.83. The number of aliphatic carboxylic acids is 1. The van der Waals surface area contributed by atoms with Gasteiger partial charge in [0.1, 0.15) is 0 Å². The summed E-state index contributed by atoms with van der Waals surface area (Å²) in [5.74, 6) is -5.03. The maximum absolute atomic E-state index is 13.5. The van der Waals surface area contributed by atoms with E-state index in [0.29, 0.717) is 55.6 Å². The number of hydrogen-bond acceptors (Lipinski definition) is 3. The standard InChI is InChI=1S/C21H20F3NO3.C11H11F3N/c22-17-7-8-18(23)20(19(17)24)28-11-1-2-13-3-5-14(6-4-13)15-9-10-25-12-16(15)21(26)27;12-11(13,14)9-3-1-2-8(6-9)7-15-10-4-5-10/h3-8,25H,1-2,9-12H2,(H,26,27);1-3,6,10H,4-5,7H2/q;-1. The van der Waals surface area contributed by atoms with Crippen LogP contribution < -0.4 is 10.1 Å². The molecule has 5 rings (SSSR count). The molecule has 0 atom stereocenters. The third-order valence-corrected chi connectivity index (χ3v) is 6.97. The molecule has 5 nitrogen and oxygen atoms in total. The van der Waals surface area contributed by atoms with Crippen molar-refractivity contribution < 1.29 is 41.0 Å². The van der Waals surface area contributed by atoms with Crippen molar-refractivity contribution in [3.05, 3.63) is 111 Å². The maximum Gasteiger partial charge on any atom is 0.416 e. The van der Waals surface area contributed by atoms with E-state index in [0.717, 1.165) is 48.2 Å². The van der Waals surface area contributed by atoms with Crippen molar-refractivity contribution >= 4 is 11.5 Å². The van der Waals surface area contributed by atoms with Crippen LogP contribution in [-0.2, 0) is 23.9 Å². The molecule has 0 amide bonds. The number of rotatable bonds is 10. The van der Waals surface area contributed by atoms with Crippen LogP contribution in [0.5, 0.6) is 5.75 Å². The summed E-state index contributed by atoms with van der Waals surface area (Å²) < 4.78 is 82.3. The summed E-state index contributed by atoms with van der Waals surface area (Å²) in [4.78, 5) is 11.4. The van der Waals surface area contributed by atoms with Gasteiger partial charge < -0.3 is 20.5 Å². The summed E-state index contributed by atoms with van der Waals surface area (Å²) in [5.41, 5.74) is 3.12. The monoisotopic (exact) mass is 605 g/mol. The van der Waals surface area contributed by atoms with Crippen LogP contribution in [0.3, 0.4) is 0 Å². The van der Waals surface area contributed by atoms with Gasteiger partial charge in [-0.15, -0.1) is 12.6 Å². The normalized spacial score (nSPS) is 15.1. The van der Waals surface area contributed by atoms with E-state index >= 15 is 0 Å². The number of nitrogens with one attached hydrogen (secondary N) is 1. The van der Waals surface area contributed by atoms with Crippen LogP contribution in [0.2, 0.25) is 0 Å². The molecule has 230 valence electrons. The van der Waals surface area contributed by atoms with Gasteiger partial charge in [-0.3, -0.25) is 0 Å². The molecule has 1 saturated carbocycles. The van der Waals surface area contributed by atoms with Crippen LogP contribution in [0, 0.1) is 17.5 Å². The highest BCUT2D eigenvalue weighted by molar-refractivity contribution is 5.97. The van der Waals surface area contributed by atoms with Gasteiger partial charge in [0.2, 0.25) is 5.82 Å². The van der Waals surface area contributed by atoms with Crippen LogP contribution in [0.4, 0.5) is 26.3 Å². The van der Waals surface area contributed by atoms with E-state index in [4.69, 9.17) is 4.74 Å². The molecule has 0 unspecified atom stereocenters. The van der Waals surface area contributed by atoms with Crippen molar-refractivity contribution in [2.45, 2.75) is 50.9 Å². The smallest absolute Gasteiger partial charge is 0.416 e. The number of ether oxygens (including phenoxy) is 1. The van der Waals surface area contributed by atoms with Gasteiger partial charge in [0.15, 0.2) is 17.4 Å². The van der Waals surface area contributed by atoms with Gasteiger partial charge in [0.25, 0.3) is 0 Å². The molecule has 3 aromatic carbocycles. The predicted octanol–water partition coefficient (Wildman–Crippen LogP) is 7.69. The maximum atomic E-state index is 13.5. The van der Waals surface area contributed by atoms with Crippen LogP contribution in [0.1, 0.15) is 47.9 Å². The van der Waals surface area contributed by atoms with Crippen molar-refractivity contribution in [2.24, 2.45) is 0 Å². The van der Waals surface area contributed by atoms with Gasteiger partial charge in [-0.05, 0) is 60.7 Å². The zero-order chi connectivity index (χ0) is 31.0. The molecule has 1 aliphatic heterocycles. The highest BCUT2D eigenvalue weighted by Gasteiger charge is 2.30. The van der Waals surface area contributed by atoms with E-state index < -0.39 is 40.9 Å². The van der Waals surface area contributed by atoms with Crippen LogP contribution >= 0.6 is 0 Å². The zero-order valence-corrected chi connectivity index (χ0v) is 23.2. The lowest BCUT2D eigenvalue weighted by Gasteiger charge is -2.19. The molecule has 0 radical (unpaired) electrons. The summed E-state index contributed by atoms with van der Waals surface area (Å²) in [6.45, 7) is 1.52. The quantitative estimate of drug-likeness (QED) is 0.141. The number of carboxylic acid groups (broad SMARTS) is 1. The highest BCUT2D eigenvalue weighted by Crippen LogP contribution is 2.32. The molecule has 1 fully saturated rings. The van der Waals surface area contributed by atoms with E-state index in [1.807, 2.05) is 24.3 Å². The number of benzene rings is 3. The second kappa shape index (κ2) is 14.6. The second-order valence-corrected chi connectivity index (χ2v) is 10.3. The number of carbonyl (C=O) groups is 1. The Kier molecular flexibility index (Phi) is 10.9. The number of alkyl halides is 3. The highest BCUT2D eigenvalue weighted by atomic mass is 19.4. The van der Waals surface area contributed by atoms with Crippen molar-refractivity contribution in [2.75, 3.05) is 19.7 Å². The Balaban J connectivity index is 0.000000237. The minimum atomic E-state index is -4.25. The van der Waals surface area contributed by atoms with E-state index in [1.165, 1.54) is 12.1 Å². The number of hydrogen-bond donors (Lipinski definition) is 2. The summed E-state index contributed by atoms with van der Waals surface area (Å²) in [5, 5.41) is 16.6. The third kappa shape index (κ3) is 9.33. The first-order chi connectivity index (χ1) is 20.5. The SMILES string of the molecule is FC(F)(F)c1cccc(C[N-]C2CC2)c1.O=C(O)C1=C(c2ccc(CCCOc3c(F)ccc(F)c3F)cc2)CCNC1. The third-order valence-electron chi connectivity index (χ3n) is 6.97. The number of carboxylic acids is 1. The van der Waals surface area contributed by atoms with Crippen LogP contribution in [0.25, 0.3) is 10.9 Å². The molecule has 0 spiro atoms. The van der Waals surface area contributed by atoms with Gasteiger partial charge in [-0.2, -0.15) is 17.6 Å². The van der Waals surface area contributed by atoms with Gasteiger partial charge in [-0.1, -0.05) is 60.9 Å². The van der Waals surface area contributed by atoms with E-state index in [2.05, 4.69) is 10.6 Å². The second-order valence-electron chi connectivity index (χ2n) is 10.3.